The smallest absolute Gasteiger partial charge is 0.256 e. The topological polar surface area (TPSA) is 38.3 Å². The standard InChI is InChI=1S/C16H10Br2INO2/c1-22-15-12(17)5-8(6-13(15)18)4-11-10-7-9(19)2-3-14(10)20-16(11)21/h2-7H,1H3,(H,20,21)/b11-4-. The van der Waals surface area contributed by atoms with E-state index in [0.717, 1.165) is 35.1 Å². The van der Waals surface area contributed by atoms with Crippen molar-refractivity contribution in [2.24, 2.45) is 0 Å². The van der Waals surface area contributed by atoms with E-state index in [9.17, 15) is 4.79 Å². The number of halogens is 3. The molecule has 1 heterocycles. The van der Waals surface area contributed by atoms with Gasteiger partial charge in [-0.15, -0.1) is 0 Å². The summed E-state index contributed by atoms with van der Waals surface area (Å²) in [6, 6.07) is 9.76. The highest BCUT2D eigenvalue weighted by atomic mass is 127. The molecule has 0 atom stereocenters. The zero-order valence-electron chi connectivity index (χ0n) is 11.4. The maximum atomic E-state index is 12.2. The van der Waals surface area contributed by atoms with Gasteiger partial charge >= 0.3 is 0 Å². The first-order chi connectivity index (χ1) is 10.5. The minimum absolute atomic E-state index is 0.0833. The Hall–Kier alpha value is -0.860. The van der Waals surface area contributed by atoms with E-state index in [1.807, 2.05) is 36.4 Å². The Balaban J connectivity index is 2.10. The summed E-state index contributed by atoms with van der Waals surface area (Å²) >= 11 is 9.20. The lowest BCUT2D eigenvalue weighted by molar-refractivity contribution is -0.110. The van der Waals surface area contributed by atoms with Crippen LogP contribution in [0.2, 0.25) is 0 Å². The zero-order chi connectivity index (χ0) is 15.9. The highest BCUT2D eigenvalue weighted by Crippen LogP contribution is 2.38. The van der Waals surface area contributed by atoms with Gasteiger partial charge < -0.3 is 10.1 Å². The first kappa shape index (κ1) is 16.0. The van der Waals surface area contributed by atoms with Gasteiger partial charge in [0.05, 0.1) is 16.1 Å². The number of benzene rings is 2. The van der Waals surface area contributed by atoms with Gasteiger partial charge in [-0.25, -0.2) is 0 Å². The molecule has 3 nitrogen and oxygen atoms in total. The molecule has 0 unspecified atom stereocenters. The van der Waals surface area contributed by atoms with Crippen molar-refractivity contribution in [3.8, 4) is 5.75 Å². The molecule has 0 aromatic heterocycles. The maximum Gasteiger partial charge on any atom is 0.256 e. The van der Waals surface area contributed by atoms with Crippen LogP contribution in [0.15, 0.2) is 39.3 Å². The number of amides is 1. The number of carbonyl (C=O) groups excluding carboxylic acids is 1. The normalized spacial score (nSPS) is 14.9. The number of fused-ring (bicyclic) bond motifs is 1. The van der Waals surface area contributed by atoms with Crippen molar-refractivity contribution in [1.82, 2.24) is 0 Å². The fourth-order valence-electron chi connectivity index (χ4n) is 2.33. The predicted molar refractivity (Wildman–Crippen MR) is 104 cm³/mol. The number of ether oxygens (including phenoxy) is 1. The van der Waals surface area contributed by atoms with Crippen LogP contribution in [-0.2, 0) is 4.79 Å². The van der Waals surface area contributed by atoms with E-state index in [-0.39, 0.29) is 5.91 Å². The molecular weight excluding hydrogens is 525 g/mol. The summed E-state index contributed by atoms with van der Waals surface area (Å²) in [5.74, 6) is 0.646. The number of hydrogen-bond donors (Lipinski definition) is 1. The second-order valence-corrected chi connectivity index (χ2v) is 7.67. The summed E-state index contributed by atoms with van der Waals surface area (Å²) < 4.78 is 8.05. The van der Waals surface area contributed by atoms with E-state index in [0.29, 0.717) is 5.57 Å². The predicted octanol–water partition coefficient (Wildman–Crippen LogP) is 5.32. The Labute approximate surface area is 158 Å². The van der Waals surface area contributed by atoms with E-state index in [2.05, 4.69) is 59.8 Å². The van der Waals surface area contributed by atoms with Crippen molar-refractivity contribution < 1.29 is 9.53 Å². The van der Waals surface area contributed by atoms with Gasteiger partial charge in [0, 0.05) is 20.4 Å². The summed E-state index contributed by atoms with van der Waals surface area (Å²) in [6.07, 6.45) is 1.88. The second kappa shape index (κ2) is 6.33. The van der Waals surface area contributed by atoms with Crippen molar-refractivity contribution >= 4 is 77.7 Å². The van der Waals surface area contributed by atoms with E-state index in [1.54, 1.807) is 7.11 Å². The monoisotopic (exact) mass is 533 g/mol. The average molecular weight is 535 g/mol. The van der Waals surface area contributed by atoms with E-state index in [1.165, 1.54) is 0 Å². The third-order valence-corrected chi connectivity index (χ3v) is 5.15. The number of rotatable bonds is 2. The first-order valence-electron chi connectivity index (χ1n) is 6.35. The van der Waals surface area contributed by atoms with Crippen LogP contribution in [0, 0.1) is 3.57 Å². The van der Waals surface area contributed by atoms with E-state index < -0.39 is 0 Å². The lowest BCUT2D eigenvalue weighted by Crippen LogP contribution is -2.03. The van der Waals surface area contributed by atoms with Gasteiger partial charge in [0.2, 0.25) is 0 Å². The van der Waals surface area contributed by atoms with Crippen LogP contribution in [0.4, 0.5) is 5.69 Å². The van der Waals surface area contributed by atoms with E-state index in [4.69, 9.17) is 4.74 Å². The molecule has 1 aliphatic rings. The Bertz CT molecular complexity index is 795. The van der Waals surface area contributed by atoms with Gasteiger partial charge in [0.15, 0.2) is 0 Å². The van der Waals surface area contributed by atoms with Gasteiger partial charge in [0.1, 0.15) is 5.75 Å². The molecule has 112 valence electrons. The molecular formula is C16H10Br2INO2. The van der Waals surface area contributed by atoms with Gasteiger partial charge in [-0.05, 0) is 96.4 Å². The highest BCUT2D eigenvalue weighted by molar-refractivity contribution is 14.1. The van der Waals surface area contributed by atoms with Crippen molar-refractivity contribution in [3.05, 3.63) is 54.0 Å². The average Bonchev–Trinajstić information content (AvgIpc) is 2.75. The number of nitrogens with one attached hydrogen (secondary N) is 1. The Morgan fingerprint density at radius 2 is 1.86 bits per heavy atom. The van der Waals surface area contributed by atoms with Crippen LogP contribution in [-0.4, -0.2) is 13.0 Å². The SMILES string of the molecule is COc1c(Br)cc(/C=C2\C(=O)Nc3ccc(I)cc32)cc1Br. The van der Waals surface area contributed by atoms with Crippen molar-refractivity contribution in [2.45, 2.75) is 0 Å². The third-order valence-electron chi connectivity index (χ3n) is 3.30. The quantitative estimate of drug-likeness (QED) is 0.418. The lowest BCUT2D eigenvalue weighted by atomic mass is 10.0. The molecule has 0 aliphatic carbocycles. The third kappa shape index (κ3) is 2.96. The van der Waals surface area contributed by atoms with Crippen LogP contribution >= 0.6 is 54.5 Å². The Morgan fingerprint density at radius 1 is 1.18 bits per heavy atom. The number of methoxy groups -OCH3 is 1. The van der Waals surface area contributed by atoms with Crippen LogP contribution in [0.5, 0.6) is 5.75 Å². The molecule has 3 rings (SSSR count). The first-order valence-corrected chi connectivity index (χ1v) is 9.02. The van der Waals surface area contributed by atoms with Crippen molar-refractivity contribution in [2.75, 3.05) is 12.4 Å². The maximum absolute atomic E-state index is 12.2. The Morgan fingerprint density at radius 3 is 2.50 bits per heavy atom. The Kier molecular flexibility index (Phi) is 4.61. The molecule has 0 fully saturated rings. The molecule has 1 N–H and O–H groups in total. The van der Waals surface area contributed by atoms with Crippen LogP contribution < -0.4 is 10.1 Å². The van der Waals surface area contributed by atoms with Crippen molar-refractivity contribution in [3.63, 3.8) is 0 Å². The number of anilines is 1. The largest absolute Gasteiger partial charge is 0.494 e. The molecule has 6 heteroatoms. The lowest BCUT2D eigenvalue weighted by Gasteiger charge is -2.07. The molecule has 22 heavy (non-hydrogen) atoms. The summed E-state index contributed by atoms with van der Waals surface area (Å²) in [5, 5.41) is 2.89. The molecule has 0 bridgehead atoms. The summed E-state index contributed by atoms with van der Waals surface area (Å²) in [7, 11) is 1.62. The van der Waals surface area contributed by atoms with Gasteiger partial charge in [-0.3, -0.25) is 4.79 Å². The summed E-state index contributed by atoms with van der Waals surface area (Å²) in [5.41, 5.74) is 3.36. The zero-order valence-corrected chi connectivity index (χ0v) is 16.7. The molecule has 0 radical (unpaired) electrons. The summed E-state index contributed by atoms with van der Waals surface area (Å²) in [4.78, 5) is 12.2. The highest BCUT2D eigenvalue weighted by Gasteiger charge is 2.24. The van der Waals surface area contributed by atoms with Gasteiger partial charge in [0.25, 0.3) is 5.91 Å². The van der Waals surface area contributed by atoms with Crippen LogP contribution in [0.25, 0.3) is 11.6 Å². The van der Waals surface area contributed by atoms with E-state index >= 15 is 0 Å². The minimum Gasteiger partial charge on any atom is -0.494 e. The fourth-order valence-corrected chi connectivity index (χ4v) is 4.36. The molecule has 0 spiro atoms. The molecule has 0 saturated carbocycles. The van der Waals surface area contributed by atoms with Gasteiger partial charge in [-0.2, -0.15) is 0 Å². The molecule has 2 aromatic carbocycles. The van der Waals surface area contributed by atoms with Crippen molar-refractivity contribution in [1.29, 1.82) is 0 Å². The molecule has 1 aliphatic heterocycles. The fraction of sp³-hybridized carbons (Fsp3) is 0.0625. The van der Waals surface area contributed by atoms with Crippen LogP contribution in [0.3, 0.4) is 0 Å². The summed E-state index contributed by atoms with van der Waals surface area (Å²) in [6.45, 7) is 0. The van der Waals surface area contributed by atoms with Crippen LogP contribution in [0.1, 0.15) is 11.1 Å². The van der Waals surface area contributed by atoms with Gasteiger partial charge in [-0.1, -0.05) is 0 Å². The molecule has 2 aromatic rings. The number of hydrogen-bond acceptors (Lipinski definition) is 2. The minimum atomic E-state index is -0.0833. The molecule has 0 saturated heterocycles. The number of carbonyl (C=O) groups is 1. The molecule has 1 amide bonds. The second-order valence-electron chi connectivity index (χ2n) is 4.72.